The molecule has 1 saturated heterocycles. The summed E-state index contributed by atoms with van der Waals surface area (Å²) in [4.78, 5) is 50.9. The van der Waals surface area contributed by atoms with E-state index in [1.165, 1.54) is 12.1 Å². The van der Waals surface area contributed by atoms with E-state index in [4.69, 9.17) is 4.74 Å². The van der Waals surface area contributed by atoms with Crippen LogP contribution in [-0.4, -0.2) is 51.4 Å². The number of fused-ring (bicyclic) bond motifs is 5. The molecule has 0 spiro atoms. The quantitative estimate of drug-likeness (QED) is 0.309. The van der Waals surface area contributed by atoms with Gasteiger partial charge in [0.2, 0.25) is 11.8 Å². The van der Waals surface area contributed by atoms with Crippen molar-refractivity contribution in [2.45, 2.75) is 28.7 Å². The van der Waals surface area contributed by atoms with Crippen LogP contribution in [0.1, 0.15) is 18.4 Å². The third-order valence-corrected chi connectivity index (χ3v) is 9.70. The molecule has 1 aliphatic heterocycles. The molecule has 1 aromatic rings. The Morgan fingerprint density at radius 3 is 2.21 bits per heavy atom. The summed E-state index contributed by atoms with van der Waals surface area (Å²) in [6, 6.07) is 4.43. The Balaban J connectivity index is 1.27. The number of rotatable bonds is 6. The number of halogens is 5. The summed E-state index contributed by atoms with van der Waals surface area (Å²) in [7, 11) is 0. The highest BCUT2D eigenvalue weighted by Gasteiger charge is 2.66. The summed E-state index contributed by atoms with van der Waals surface area (Å²) in [5, 5.41) is 2.07. The van der Waals surface area contributed by atoms with E-state index < -0.39 is 47.7 Å². The highest BCUT2D eigenvalue weighted by Crippen LogP contribution is 2.60. The van der Waals surface area contributed by atoms with Gasteiger partial charge in [0.1, 0.15) is 0 Å². The van der Waals surface area contributed by atoms with E-state index >= 15 is 0 Å². The minimum atomic E-state index is -4.66. The Kier molecular flexibility index (Phi) is 6.60. The molecule has 178 valence electrons. The van der Waals surface area contributed by atoms with Crippen LogP contribution in [0.25, 0.3) is 0 Å². The molecule has 6 atom stereocenters. The molecule has 12 heteroatoms. The first-order chi connectivity index (χ1) is 15.5. The fraction of sp³-hybridized carbons (Fsp3) is 0.524. The predicted octanol–water partition coefficient (Wildman–Crippen LogP) is 3.36. The maximum Gasteiger partial charge on any atom is 0.418 e. The SMILES string of the molecule is O=C(COC(=O)CCN1C(=O)[C@@H]2[C@H]3C[C@@H]([C@H](Br)[C@H]3Br)[C@H]2C1=O)Nc1ccccc1C(F)(F)F. The third-order valence-electron chi connectivity index (χ3n) is 6.49. The lowest BCUT2D eigenvalue weighted by Crippen LogP contribution is -2.37. The van der Waals surface area contributed by atoms with Crippen molar-refractivity contribution in [2.75, 3.05) is 18.5 Å². The molecule has 7 nitrogen and oxygen atoms in total. The number of imide groups is 1. The van der Waals surface area contributed by atoms with Crippen molar-refractivity contribution in [3.05, 3.63) is 29.8 Å². The number of anilines is 1. The van der Waals surface area contributed by atoms with Crippen LogP contribution in [-0.2, 0) is 30.1 Å². The second-order valence-corrected chi connectivity index (χ2v) is 10.4. The van der Waals surface area contributed by atoms with Crippen LogP contribution >= 0.6 is 31.9 Å². The zero-order chi connectivity index (χ0) is 24.1. The minimum Gasteiger partial charge on any atom is -0.456 e. The van der Waals surface area contributed by atoms with Crippen molar-refractivity contribution in [1.29, 1.82) is 0 Å². The number of amides is 3. The topological polar surface area (TPSA) is 92.8 Å². The van der Waals surface area contributed by atoms with E-state index in [9.17, 15) is 32.3 Å². The molecule has 2 aliphatic carbocycles. The Morgan fingerprint density at radius 1 is 1.06 bits per heavy atom. The molecule has 1 heterocycles. The number of likely N-dealkylation sites (tertiary alicyclic amines) is 1. The van der Waals surface area contributed by atoms with E-state index in [2.05, 4.69) is 37.2 Å². The van der Waals surface area contributed by atoms with Crippen molar-refractivity contribution >= 4 is 61.2 Å². The number of alkyl halides is 5. The van der Waals surface area contributed by atoms with Crippen molar-refractivity contribution in [3.8, 4) is 0 Å². The molecule has 0 unspecified atom stereocenters. The smallest absolute Gasteiger partial charge is 0.418 e. The molecule has 0 radical (unpaired) electrons. The lowest BCUT2D eigenvalue weighted by Gasteiger charge is -2.28. The highest BCUT2D eigenvalue weighted by atomic mass is 79.9. The second-order valence-electron chi connectivity index (χ2n) is 8.33. The van der Waals surface area contributed by atoms with Crippen molar-refractivity contribution < 1.29 is 37.1 Å². The van der Waals surface area contributed by atoms with Gasteiger partial charge < -0.3 is 10.1 Å². The number of nitrogens with zero attached hydrogens (tertiary/aromatic N) is 1. The standard InChI is InChI=1S/C21H19Br2F3N2O5/c22-17-9-7-10(18(17)23)16-15(9)19(31)28(20(16)32)6-5-14(30)33-8-13(29)27-12-4-2-1-3-11(12)21(24,25)26/h1-4,9-10,15-18H,5-8H2,(H,27,29)/t9-,10-,15-,16-,17+,18+/m1/s1. The fourth-order valence-electron chi connectivity index (χ4n) is 5.08. The molecule has 33 heavy (non-hydrogen) atoms. The van der Waals surface area contributed by atoms with E-state index in [0.29, 0.717) is 0 Å². The summed E-state index contributed by atoms with van der Waals surface area (Å²) in [6.45, 7) is -0.958. The molecule has 0 aromatic heterocycles. The van der Waals surface area contributed by atoms with Gasteiger partial charge in [0.05, 0.1) is 29.5 Å². The second kappa shape index (κ2) is 9.01. The number of ether oxygens (including phenoxy) is 1. The van der Waals surface area contributed by atoms with Gasteiger partial charge in [0.15, 0.2) is 6.61 Å². The molecule has 3 aliphatic rings. The van der Waals surface area contributed by atoms with Crippen LogP contribution in [0, 0.1) is 23.7 Å². The highest BCUT2D eigenvalue weighted by molar-refractivity contribution is 9.12. The van der Waals surface area contributed by atoms with Crippen LogP contribution in [0.4, 0.5) is 18.9 Å². The van der Waals surface area contributed by atoms with Gasteiger partial charge in [-0.05, 0) is 30.4 Å². The summed E-state index contributed by atoms with van der Waals surface area (Å²) in [5.41, 5.74) is -1.47. The number of benzene rings is 1. The summed E-state index contributed by atoms with van der Waals surface area (Å²) >= 11 is 7.19. The predicted molar refractivity (Wildman–Crippen MR) is 116 cm³/mol. The summed E-state index contributed by atoms with van der Waals surface area (Å²) in [5.74, 6) is -3.04. The van der Waals surface area contributed by atoms with Gasteiger partial charge in [-0.1, -0.05) is 44.0 Å². The summed E-state index contributed by atoms with van der Waals surface area (Å²) < 4.78 is 43.8. The maximum absolute atomic E-state index is 13.0. The summed E-state index contributed by atoms with van der Waals surface area (Å²) in [6.07, 6.45) is -4.17. The van der Waals surface area contributed by atoms with Gasteiger partial charge in [-0.3, -0.25) is 24.1 Å². The zero-order valence-electron chi connectivity index (χ0n) is 17.0. The maximum atomic E-state index is 13.0. The van der Waals surface area contributed by atoms with Gasteiger partial charge in [-0.25, -0.2) is 0 Å². The monoisotopic (exact) mass is 594 g/mol. The molecular weight excluding hydrogens is 577 g/mol. The van der Waals surface area contributed by atoms with Crippen LogP contribution in [0.3, 0.4) is 0 Å². The first-order valence-corrected chi connectivity index (χ1v) is 12.1. The molecular formula is C21H19Br2F3N2O5. The molecule has 1 N–H and O–H groups in total. The van der Waals surface area contributed by atoms with Crippen molar-refractivity contribution in [2.24, 2.45) is 23.7 Å². The molecule has 4 rings (SSSR count). The van der Waals surface area contributed by atoms with E-state index in [1.54, 1.807) is 0 Å². The van der Waals surface area contributed by atoms with Crippen LogP contribution in [0.15, 0.2) is 24.3 Å². The van der Waals surface area contributed by atoms with E-state index in [-0.39, 0.29) is 46.3 Å². The largest absolute Gasteiger partial charge is 0.456 e. The zero-order valence-corrected chi connectivity index (χ0v) is 20.2. The number of hydrogen-bond donors (Lipinski definition) is 1. The molecule has 3 fully saturated rings. The molecule has 1 aromatic carbocycles. The average Bonchev–Trinajstić information content (AvgIpc) is 3.35. The molecule has 2 bridgehead atoms. The third kappa shape index (κ3) is 4.43. The van der Waals surface area contributed by atoms with E-state index in [1.807, 2.05) is 0 Å². The van der Waals surface area contributed by atoms with Crippen LogP contribution in [0.2, 0.25) is 0 Å². The van der Waals surface area contributed by atoms with E-state index in [0.717, 1.165) is 23.5 Å². The van der Waals surface area contributed by atoms with Crippen molar-refractivity contribution in [1.82, 2.24) is 4.90 Å². The lowest BCUT2D eigenvalue weighted by molar-refractivity contribution is -0.149. The number of para-hydroxylation sites is 1. The normalized spacial score (nSPS) is 30.5. The Bertz CT molecular complexity index is 972. The molecule has 3 amide bonds. The van der Waals surface area contributed by atoms with Gasteiger partial charge in [0.25, 0.3) is 5.91 Å². The van der Waals surface area contributed by atoms with Gasteiger partial charge in [0, 0.05) is 16.2 Å². The fourth-order valence-corrected chi connectivity index (χ4v) is 6.95. The van der Waals surface area contributed by atoms with Crippen LogP contribution in [0.5, 0.6) is 0 Å². The Labute approximate surface area is 203 Å². The van der Waals surface area contributed by atoms with Crippen LogP contribution < -0.4 is 5.32 Å². The molecule has 2 saturated carbocycles. The number of carbonyl (C=O) groups excluding carboxylic acids is 4. The van der Waals surface area contributed by atoms with Gasteiger partial charge in [-0.2, -0.15) is 13.2 Å². The van der Waals surface area contributed by atoms with Gasteiger partial charge in [-0.15, -0.1) is 0 Å². The number of hydrogen-bond acceptors (Lipinski definition) is 5. The average molecular weight is 596 g/mol. The Hall–Kier alpha value is -1.95. The first-order valence-electron chi connectivity index (χ1n) is 10.3. The minimum absolute atomic E-state index is 0.0565. The first kappa shape index (κ1) is 24.2. The number of esters is 1. The number of carbonyl (C=O) groups is 4. The lowest BCUT2D eigenvalue weighted by atomic mass is 9.81. The number of nitrogens with one attached hydrogen (secondary N) is 1. The van der Waals surface area contributed by atoms with Crippen molar-refractivity contribution in [3.63, 3.8) is 0 Å². The Morgan fingerprint density at radius 2 is 1.64 bits per heavy atom. The van der Waals surface area contributed by atoms with Gasteiger partial charge >= 0.3 is 12.1 Å².